The minimum Gasteiger partial charge on any atom is -0.508 e. The minimum absolute atomic E-state index is 0.156. The SMILES string of the molecule is Oc1ccc(Br)cc1C1C=C(c2ccc(Cl)cc2)NC(c2ccc(Cl)cc2)N1. The van der Waals surface area contributed by atoms with E-state index in [0.29, 0.717) is 10.0 Å². The molecule has 0 saturated heterocycles. The third-order valence-electron chi connectivity index (χ3n) is 4.66. The summed E-state index contributed by atoms with van der Waals surface area (Å²) in [6.07, 6.45) is 1.91. The van der Waals surface area contributed by atoms with Crippen molar-refractivity contribution in [3.8, 4) is 5.75 Å². The van der Waals surface area contributed by atoms with Gasteiger partial charge < -0.3 is 10.4 Å². The van der Waals surface area contributed by atoms with Crippen molar-refractivity contribution in [1.82, 2.24) is 10.6 Å². The lowest BCUT2D eigenvalue weighted by atomic mass is 9.98. The van der Waals surface area contributed by atoms with Crippen LogP contribution in [0.1, 0.15) is 28.9 Å². The average molecular weight is 476 g/mol. The molecule has 0 saturated carbocycles. The van der Waals surface area contributed by atoms with E-state index in [1.807, 2.05) is 60.7 Å². The van der Waals surface area contributed by atoms with Gasteiger partial charge in [-0.25, -0.2) is 0 Å². The fourth-order valence-corrected chi connectivity index (χ4v) is 3.87. The Bertz CT molecular complexity index is 1020. The molecule has 3 N–H and O–H groups in total. The van der Waals surface area contributed by atoms with Crippen molar-refractivity contribution in [3.05, 3.63) is 104 Å². The number of phenols is 1. The molecule has 1 heterocycles. The molecule has 0 radical (unpaired) electrons. The van der Waals surface area contributed by atoms with Gasteiger partial charge in [0.05, 0.1) is 6.04 Å². The van der Waals surface area contributed by atoms with Crippen LogP contribution in [0, 0.1) is 0 Å². The van der Waals surface area contributed by atoms with Gasteiger partial charge in [0.1, 0.15) is 11.9 Å². The topological polar surface area (TPSA) is 44.3 Å². The summed E-state index contributed by atoms with van der Waals surface area (Å²) >= 11 is 15.6. The van der Waals surface area contributed by atoms with E-state index in [4.69, 9.17) is 23.2 Å². The molecule has 0 fully saturated rings. The van der Waals surface area contributed by atoms with Crippen LogP contribution in [0.25, 0.3) is 5.70 Å². The van der Waals surface area contributed by atoms with Gasteiger partial charge >= 0.3 is 0 Å². The first-order chi connectivity index (χ1) is 13.5. The zero-order valence-corrected chi connectivity index (χ0v) is 17.8. The van der Waals surface area contributed by atoms with E-state index in [-0.39, 0.29) is 18.0 Å². The number of nitrogens with one attached hydrogen (secondary N) is 2. The molecule has 0 bridgehead atoms. The zero-order valence-electron chi connectivity index (χ0n) is 14.7. The number of halogens is 3. The first kappa shape index (κ1) is 19.3. The second-order valence-electron chi connectivity index (χ2n) is 6.56. The standard InChI is InChI=1S/C22H17BrCl2N2O/c23-15-5-10-21(28)18(11-15)20-12-19(13-1-6-16(24)7-2-13)26-22(27-20)14-3-8-17(25)9-4-14/h1-12,20,22,26-28H. The molecule has 3 nitrogen and oxygen atoms in total. The Kier molecular flexibility index (Phi) is 5.65. The predicted molar refractivity (Wildman–Crippen MR) is 118 cm³/mol. The van der Waals surface area contributed by atoms with Crippen LogP contribution in [0.4, 0.5) is 0 Å². The average Bonchev–Trinajstić information content (AvgIpc) is 2.70. The van der Waals surface area contributed by atoms with Crippen LogP contribution in [-0.4, -0.2) is 5.11 Å². The number of rotatable bonds is 3. The molecule has 0 spiro atoms. The van der Waals surface area contributed by atoms with E-state index in [2.05, 4.69) is 32.6 Å². The van der Waals surface area contributed by atoms with Crippen molar-refractivity contribution in [2.45, 2.75) is 12.2 Å². The highest BCUT2D eigenvalue weighted by Gasteiger charge is 2.25. The van der Waals surface area contributed by atoms with Gasteiger partial charge in [0, 0.05) is 25.8 Å². The van der Waals surface area contributed by atoms with E-state index in [9.17, 15) is 5.11 Å². The Labute approximate surface area is 182 Å². The Morgan fingerprint density at radius 2 is 1.50 bits per heavy atom. The minimum atomic E-state index is -0.190. The molecule has 4 rings (SSSR count). The smallest absolute Gasteiger partial charge is 0.120 e. The van der Waals surface area contributed by atoms with Crippen LogP contribution in [0.2, 0.25) is 10.0 Å². The van der Waals surface area contributed by atoms with Crippen LogP contribution in [0.5, 0.6) is 5.75 Å². The number of benzene rings is 3. The van der Waals surface area contributed by atoms with Crippen LogP contribution in [-0.2, 0) is 0 Å². The monoisotopic (exact) mass is 474 g/mol. The molecule has 0 aromatic heterocycles. The maximum Gasteiger partial charge on any atom is 0.120 e. The normalized spacial score (nSPS) is 19.0. The summed E-state index contributed by atoms with van der Waals surface area (Å²) in [5.74, 6) is 0.240. The van der Waals surface area contributed by atoms with Crippen LogP contribution in [0.3, 0.4) is 0 Å². The van der Waals surface area contributed by atoms with Crippen molar-refractivity contribution in [3.63, 3.8) is 0 Å². The van der Waals surface area contributed by atoms with Gasteiger partial charge in [0.2, 0.25) is 0 Å². The first-order valence-electron chi connectivity index (χ1n) is 8.74. The molecule has 2 atom stereocenters. The summed E-state index contributed by atoms with van der Waals surface area (Å²) in [5, 5.41) is 18.9. The highest BCUT2D eigenvalue weighted by atomic mass is 79.9. The van der Waals surface area contributed by atoms with Gasteiger partial charge in [0.15, 0.2) is 0 Å². The molecule has 1 aliphatic heterocycles. The zero-order chi connectivity index (χ0) is 19.7. The molecule has 3 aromatic carbocycles. The molecule has 2 unspecified atom stereocenters. The summed E-state index contributed by atoms with van der Waals surface area (Å²) < 4.78 is 0.908. The summed E-state index contributed by atoms with van der Waals surface area (Å²) in [6, 6.07) is 20.6. The number of hydrogen-bond acceptors (Lipinski definition) is 3. The van der Waals surface area contributed by atoms with Crippen molar-refractivity contribution in [2.75, 3.05) is 0 Å². The van der Waals surface area contributed by atoms with Crippen molar-refractivity contribution in [1.29, 1.82) is 0 Å². The van der Waals surface area contributed by atoms with Crippen molar-refractivity contribution >= 4 is 44.8 Å². The van der Waals surface area contributed by atoms with E-state index < -0.39 is 0 Å². The predicted octanol–water partition coefficient (Wildman–Crippen LogP) is 6.44. The van der Waals surface area contributed by atoms with E-state index >= 15 is 0 Å². The summed E-state index contributed by atoms with van der Waals surface area (Å²) in [6.45, 7) is 0. The lowest BCUT2D eigenvalue weighted by Crippen LogP contribution is -2.39. The second kappa shape index (κ2) is 8.18. The Morgan fingerprint density at radius 1 is 0.857 bits per heavy atom. The fourth-order valence-electron chi connectivity index (χ4n) is 3.24. The molecule has 6 heteroatoms. The lowest BCUT2D eigenvalue weighted by Gasteiger charge is -2.33. The van der Waals surface area contributed by atoms with Gasteiger partial charge in [-0.2, -0.15) is 0 Å². The quantitative estimate of drug-likeness (QED) is 0.408. The van der Waals surface area contributed by atoms with Crippen LogP contribution < -0.4 is 10.6 Å². The Morgan fingerprint density at radius 3 is 2.18 bits per heavy atom. The maximum atomic E-state index is 10.4. The second-order valence-corrected chi connectivity index (χ2v) is 8.35. The molecule has 0 amide bonds. The van der Waals surface area contributed by atoms with Gasteiger partial charge in [-0.05, 0) is 59.7 Å². The van der Waals surface area contributed by atoms with Crippen molar-refractivity contribution in [2.24, 2.45) is 0 Å². The first-order valence-corrected chi connectivity index (χ1v) is 10.3. The summed E-state index contributed by atoms with van der Waals surface area (Å²) in [7, 11) is 0. The van der Waals surface area contributed by atoms with Gasteiger partial charge in [-0.1, -0.05) is 63.4 Å². The molecule has 1 aliphatic rings. The number of hydrogen-bond donors (Lipinski definition) is 3. The van der Waals surface area contributed by atoms with E-state index in [1.54, 1.807) is 6.07 Å². The van der Waals surface area contributed by atoms with E-state index in [1.165, 1.54) is 0 Å². The number of phenolic OH excluding ortho intramolecular Hbond substituents is 1. The molecular formula is C22H17BrCl2N2O. The van der Waals surface area contributed by atoms with Crippen LogP contribution >= 0.6 is 39.1 Å². The maximum absolute atomic E-state index is 10.4. The molecular weight excluding hydrogens is 459 g/mol. The summed E-state index contributed by atoms with van der Waals surface area (Å²) in [4.78, 5) is 0. The Balaban J connectivity index is 1.76. The third-order valence-corrected chi connectivity index (χ3v) is 5.66. The van der Waals surface area contributed by atoms with Gasteiger partial charge in [-0.15, -0.1) is 0 Å². The van der Waals surface area contributed by atoms with Gasteiger partial charge in [0.25, 0.3) is 0 Å². The van der Waals surface area contributed by atoms with E-state index in [0.717, 1.165) is 26.9 Å². The molecule has 0 aliphatic carbocycles. The number of aromatic hydroxyl groups is 1. The molecule has 142 valence electrons. The molecule has 3 aromatic rings. The third kappa shape index (κ3) is 4.20. The summed E-state index contributed by atoms with van der Waals surface area (Å²) in [5.41, 5.74) is 3.81. The highest BCUT2D eigenvalue weighted by Crippen LogP contribution is 2.35. The highest BCUT2D eigenvalue weighted by molar-refractivity contribution is 9.10. The molecule has 28 heavy (non-hydrogen) atoms. The largest absolute Gasteiger partial charge is 0.508 e. The Hall–Kier alpha value is -1.98. The fraction of sp³-hybridized carbons (Fsp3) is 0.0909. The van der Waals surface area contributed by atoms with Crippen LogP contribution in [0.15, 0.2) is 77.3 Å². The van der Waals surface area contributed by atoms with Crippen molar-refractivity contribution < 1.29 is 5.11 Å². The van der Waals surface area contributed by atoms with Gasteiger partial charge in [-0.3, -0.25) is 5.32 Å². The lowest BCUT2D eigenvalue weighted by molar-refractivity contribution is 0.419.